The largest absolute Gasteiger partial charge is 0.303 e. The van der Waals surface area contributed by atoms with E-state index in [1.54, 1.807) is 7.05 Å². The first-order valence-corrected chi connectivity index (χ1v) is 3.17. The Kier molecular flexibility index (Phi) is 1.48. The molecule has 0 aromatic heterocycles. The number of amidine groups is 1. The molecule has 1 unspecified atom stereocenters. The van der Waals surface area contributed by atoms with Crippen LogP contribution in [0, 0.1) is 5.41 Å². The van der Waals surface area contributed by atoms with Crippen LogP contribution in [0.3, 0.4) is 0 Å². The Morgan fingerprint density at radius 1 is 1.89 bits per heavy atom. The lowest BCUT2D eigenvalue weighted by molar-refractivity contribution is -0.124. The number of rotatable bonds is 0. The van der Waals surface area contributed by atoms with Crippen molar-refractivity contribution in [2.75, 3.05) is 7.05 Å². The standard InChI is InChI=1S/C5H8N2OS/c1-7-4(8)2-3(9)5(7)6/h3,6,9H,2H2,1H3. The Balaban J connectivity index is 2.77. The molecule has 0 spiro atoms. The van der Waals surface area contributed by atoms with Gasteiger partial charge < -0.3 is 4.90 Å². The van der Waals surface area contributed by atoms with Crippen molar-refractivity contribution in [1.29, 1.82) is 5.41 Å². The van der Waals surface area contributed by atoms with Crippen LogP contribution in [-0.2, 0) is 4.79 Å². The van der Waals surface area contributed by atoms with E-state index in [0.29, 0.717) is 12.3 Å². The van der Waals surface area contributed by atoms with Crippen LogP contribution in [0.15, 0.2) is 0 Å². The van der Waals surface area contributed by atoms with E-state index in [0.717, 1.165) is 0 Å². The van der Waals surface area contributed by atoms with Gasteiger partial charge in [0.05, 0.1) is 5.25 Å². The van der Waals surface area contributed by atoms with Crippen molar-refractivity contribution in [3.63, 3.8) is 0 Å². The minimum absolute atomic E-state index is 0.0139. The first kappa shape index (κ1) is 6.61. The summed E-state index contributed by atoms with van der Waals surface area (Å²) in [6.45, 7) is 0. The van der Waals surface area contributed by atoms with Crippen molar-refractivity contribution >= 4 is 24.4 Å². The van der Waals surface area contributed by atoms with Gasteiger partial charge >= 0.3 is 0 Å². The van der Waals surface area contributed by atoms with Gasteiger partial charge in [-0.05, 0) is 0 Å². The first-order valence-electron chi connectivity index (χ1n) is 2.66. The van der Waals surface area contributed by atoms with Crippen molar-refractivity contribution in [3.05, 3.63) is 0 Å². The highest BCUT2D eigenvalue weighted by atomic mass is 32.1. The summed E-state index contributed by atoms with van der Waals surface area (Å²) in [4.78, 5) is 12.1. The van der Waals surface area contributed by atoms with E-state index in [-0.39, 0.29) is 11.2 Å². The predicted molar refractivity (Wildman–Crippen MR) is 37.9 cm³/mol. The van der Waals surface area contributed by atoms with Crippen molar-refractivity contribution < 1.29 is 4.79 Å². The number of hydrogen-bond donors (Lipinski definition) is 2. The van der Waals surface area contributed by atoms with E-state index in [1.165, 1.54) is 4.90 Å². The second-order valence-corrected chi connectivity index (χ2v) is 2.68. The molecule has 1 heterocycles. The molecule has 1 amide bonds. The maximum Gasteiger partial charge on any atom is 0.229 e. The Morgan fingerprint density at radius 3 is 2.56 bits per heavy atom. The summed E-state index contributed by atoms with van der Waals surface area (Å²) in [6.07, 6.45) is 0.373. The smallest absolute Gasteiger partial charge is 0.229 e. The van der Waals surface area contributed by atoms with Crippen LogP contribution in [0.4, 0.5) is 0 Å². The van der Waals surface area contributed by atoms with E-state index < -0.39 is 0 Å². The zero-order chi connectivity index (χ0) is 7.02. The molecule has 3 nitrogen and oxygen atoms in total. The molecule has 50 valence electrons. The molecule has 4 heteroatoms. The zero-order valence-corrected chi connectivity index (χ0v) is 5.98. The molecule has 1 atom stereocenters. The van der Waals surface area contributed by atoms with Gasteiger partial charge in [-0.25, -0.2) is 0 Å². The summed E-state index contributed by atoms with van der Waals surface area (Å²) < 4.78 is 0. The minimum Gasteiger partial charge on any atom is -0.303 e. The molecule has 9 heavy (non-hydrogen) atoms. The number of nitrogens with one attached hydrogen (secondary N) is 1. The molecule has 0 radical (unpaired) electrons. The summed E-state index contributed by atoms with van der Waals surface area (Å²) in [5, 5.41) is 7.04. The lowest BCUT2D eigenvalue weighted by Gasteiger charge is -2.06. The Bertz CT molecular complexity index is 168. The summed E-state index contributed by atoms with van der Waals surface area (Å²) in [7, 11) is 1.60. The van der Waals surface area contributed by atoms with Crippen LogP contribution in [0.25, 0.3) is 0 Å². The summed E-state index contributed by atoms with van der Waals surface area (Å²) in [5.74, 6) is 0.295. The normalized spacial score (nSPS) is 27.8. The molecular weight excluding hydrogens is 136 g/mol. The van der Waals surface area contributed by atoms with Crippen LogP contribution >= 0.6 is 12.6 Å². The van der Waals surface area contributed by atoms with Gasteiger partial charge in [0.2, 0.25) is 5.91 Å². The molecular formula is C5H8N2OS. The van der Waals surface area contributed by atoms with Crippen molar-refractivity contribution in [2.45, 2.75) is 11.7 Å². The number of hydrogen-bond acceptors (Lipinski definition) is 3. The third-order valence-corrected chi connectivity index (χ3v) is 1.85. The van der Waals surface area contributed by atoms with Gasteiger partial charge in [0.15, 0.2) is 0 Å². The van der Waals surface area contributed by atoms with E-state index in [4.69, 9.17) is 5.41 Å². The molecule has 0 aliphatic carbocycles. The van der Waals surface area contributed by atoms with E-state index in [9.17, 15) is 4.79 Å². The van der Waals surface area contributed by atoms with Gasteiger partial charge in [0, 0.05) is 13.5 Å². The molecule has 1 aliphatic rings. The third kappa shape index (κ3) is 0.941. The molecule has 0 aromatic carbocycles. The number of amides is 1. The van der Waals surface area contributed by atoms with Crippen LogP contribution in [0.1, 0.15) is 6.42 Å². The average molecular weight is 144 g/mol. The Labute approximate surface area is 59.0 Å². The van der Waals surface area contributed by atoms with Gasteiger partial charge in [-0.2, -0.15) is 12.6 Å². The SMILES string of the molecule is CN1C(=N)C(S)CC1=O. The Morgan fingerprint density at radius 2 is 2.44 bits per heavy atom. The molecule has 1 fully saturated rings. The fourth-order valence-electron chi connectivity index (χ4n) is 0.757. The molecule has 1 rings (SSSR count). The minimum atomic E-state index is -0.178. The van der Waals surface area contributed by atoms with Crippen LogP contribution in [0.5, 0.6) is 0 Å². The zero-order valence-electron chi connectivity index (χ0n) is 5.09. The summed E-state index contributed by atoms with van der Waals surface area (Å²) >= 11 is 4.02. The number of carbonyl (C=O) groups is 1. The lowest BCUT2D eigenvalue weighted by atomic mass is 10.3. The molecule has 0 saturated carbocycles. The highest BCUT2D eigenvalue weighted by Crippen LogP contribution is 2.15. The maximum atomic E-state index is 10.7. The number of thiol groups is 1. The summed E-state index contributed by atoms with van der Waals surface area (Å²) in [5.41, 5.74) is 0. The fourth-order valence-corrected chi connectivity index (χ4v) is 1.09. The molecule has 0 bridgehead atoms. The van der Waals surface area contributed by atoms with Crippen molar-refractivity contribution in [2.24, 2.45) is 0 Å². The van der Waals surface area contributed by atoms with E-state index in [2.05, 4.69) is 12.6 Å². The molecule has 1 N–H and O–H groups in total. The van der Waals surface area contributed by atoms with Gasteiger partial charge in [0.1, 0.15) is 5.84 Å². The van der Waals surface area contributed by atoms with Crippen LogP contribution in [-0.4, -0.2) is 28.9 Å². The highest BCUT2D eigenvalue weighted by molar-refractivity contribution is 7.81. The topological polar surface area (TPSA) is 44.2 Å². The lowest BCUT2D eigenvalue weighted by Crippen LogP contribution is -2.25. The monoisotopic (exact) mass is 144 g/mol. The van der Waals surface area contributed by atoms with E-state index in [1.807, 2.05) is 0 Å². The van der Waals surface area contributed by atoms with Gasteiger partial charge in [-0.1, -0.05) is 0 Å². The maximum absolute atomic E-state index is 10.7. The van der Waals surface area contributed by atoms with Crippen molar-refractivity contribution in [1.82, 2.24) is 4.90 Å². The molecule has 0 aromatic rings. The third-order valence-electron chi connectivity index (χ3n) is 1.42. The van der Waals surface area contributed by atoms with E-state index >= 15 is 0 Å². The second-order valence-electron chi connectivity index (χ2n) is 2.06. The molecule has 1 aliphatic heterocycles. The molecule has 1 saturated heterocycles. The second kappa shape index (κ2) is 2.02. The fraction of sp³-hybridized carbons (Fsp3) is 0.600. The first-order chi connectivity index (χ1) is 4.13. The number of likely N-dealkylation sites (tertiary alicyclic amines) is 1. The number of carbonyl (C=O) groups excluding carboxylic acids is 1. The predicted octanol–water partition coefficient (Wildman–Crippen LogP) is 0.124. The number of nitrogens with zero attached hydrogens (tertiary/aromatic N) is 1. The van der Waals surface area contributed by atoms with Gasteiger partial charge in [-0.15, -0.1) is 0 Å². The quantitative estimate of drug-likeness (QED) is 0.466. The van der Waals surface area contributed by atoms with Gasteiger partial charge in [0.25, 0.3) is 0 Å². The Hall–Kier alpha value is -0.510. The van der Waals surface area contributed by atoms with Crippen LogP contribution < -0.4 is 0 Å². The van der Waals surface area contributed by atoms with Crippen molar-refractivity contribution in [3.8, 4) is 0 Å². The highest BCUT2D eigenvalue weighted by Gasteiger charge is 2.29. The summed E-state index contributed by atoms with van der Waals surface area (Å²) in [6, 6.07) is 0. The van der Waals surface area contributed by atoms with Gasteiger partial charge in [-0.3, -0.25) is 10.2 Å². The average Bonchev–Trinajstić information content (AvgIpc) is 1.98. The van der Waals surface area contributed by atoms with Crippen LogP contribution in [0.2, 0.25) is 0 Å².